The van der Waals surface area contributed by atoms with Gasteiger partial charge in [-0.2, -0.15) is 0 Å². The molecule has 1 unspecified atom stereocenters. The van der Waals surface area contributed by atoms with Gasteiger partial charge in [-0.15, -0.1) is 0 Å². The third-order valence-electron chi connectivity index (χ3n) is 3.28. The molecule has 1 N–H and O–H groups in total. The Morgan fingerprint density at radius 2 is 2.26 bits per heavy atom. The second-order valence-corrected chi connectivity index (χ2v) is 5.39. The van der Waals surface area contributed by atoms with E-state index in [0.29, 0.717) is 6.54 Å². The second kappa shape index (κ2) is 5.21. The van der Waals surface area contributed by atoms with Crippen molar-refractivity contribution in [2.45, 2.75) is 38.8 Å². The number of fused-ring (bicyclic) bond motifs is 1. The van der Waals surface area contributed by atoms with Crippen molar-refractivity contribution in [2.24, 2.45) is 0 Å². The lowest BCUT2D eigenvalue weighted by molar-refractivity contribution is -0.143. The van der Waals surface area contributed by atoms with Gasteiger partial charge in [-0.1, -0.05) is 25.1 Å². The smallest absolute Gasteiger partial charge is 0.327 e. The van der Waals surface area contributed by atoms with Crippen LogP contribution in [0.3, 0.4) is 0 Å². The van der Waals surface area contributed by atoms with Gasteiger partial charge in [0, 0.05) is 12.0 Å². The van der Waals surface area contributed by atoms with Crippen LogP contribution in [0.2, 0.25) is 0 Å². The number of likely N-dealkylation sites (N-methyl/N-ethyl adjacent to an activating group) is 1. The van der Waals surface area contributed by atoms with Gasteiger partial charge < -0.3 is 14.8 Å². The summed E-state index contributed by atoms with van der Waals surface area (Å²) in [6.07, 6.45) is 0.857. The Labute approximate surface area is 114 Å². The van der Waals surface area contributed by atoms with E-state index in [0.717, 1.165) is 23.3 Å². The quantitative estimate of drug-likeness (QED) is 0.846. The summed E-state index contributed by atoms with van der Waals surface area (Å²) >= 11 is 0. The molecule has 0 radical (unpaired) electrons. The average molecular weight is 263 g/mol. The van der Waals surface area contributed by atoms with E-state index in [9.17, 15) is 4.79 Å². The molecule has 0 spiro atoms. The van der Waals surface area contributed by atoms with Crippen molar-refractivity contribution in [1.82, 2.24) is 5.32 Å². The van der Waals surface area contributed by atoms with E-state index in [2.05, 4.69) is 19.2 Å². The largest absolute Gasteiger partial charge is 0.487 e. The van der Waals surface area contributed by atoms with Crippen molar-refractivity contribution >= 4 is 5.97 Å². The van der Waals surface area contributed by atoms with Gasteiger partial charge in [-0.3, -0.25) is 0 Å². The van der Waals surface area contributed by atoms with Gasteiger partial charge in [-0.25, -0.2) is 4.79 Å². The number of hydrogen-bond donors (Lipinski definition) is 1. The number of rotatable bonds is 4. The Bertz CT molecular complexity index is 482. The fraction of sp³-hybridized carbons (Fsp3) is 0.533. The molecule has 1 atom stereocenters. The zero-order valence-electron chi connectivity index (χ0n) is 11.9. The molecule has 0 fully saturated rings. The van der Waals surface area contributed by atoms with E-state index in [1.54, 1.807) is 0 Å². The molecule has 1 aromatic rings. The lowest BCUT2D eigenvalue weighted by Gasteiger charge is -2.21. The minimum Gasteiger partial charge on any atom is -0.487 e. The summed E-state index contributed by atoms with van der Waals surface area (Å²) < 4.78 is 10.9. The van der Waals surface area contributed by atoms with E-state index in [-0.39, 0.29) is 11.6 Å². The van der Waals surface area contributed by atoms with Crippen LogP contribution >= 0.6 is 0 Å². The summed E-state index contributed by atoms with van der Waals surface area (Å²) in [6, 6.07) is 5.46. The number of carbonyl (C=O) groups is 1. The summed E-state index contributed by atoms with van der Waals surface area (Å²) in [5.41, 5.74) is 1.79. The molecule has 0 aromatic heterocycles. The van der Waals surface area contributed by atoms with E-state index in [1.807, 2.05) is 25.1 Å². The number of esters is 1. The van der Waals surface area contributed by atoms with E-state index in [1.165, 1.54) is 7.11 Å². The van der Waals surface area contributed by atoms with Crippen LogP contribution in [0.1, 0.15) is 37.9 Å². The Balaban J connectivity index is 2.40. The van der Waals surface area contributed by atoms with Gasteiger partial charge in [0.2, 0.25) is 0 Å². The SMILES string of the molecule is CCNC(C(=O)OC)c1cccc2c1OC(C)(C)C2. The molecule has 2 rings (SSSR count). The summed E-state index contributed by atoms with van der Waals surface area (Å²) in [5, 5.41) is 3.15. The summed E-state index contributed by atoms with van der Waals surface area (Å²) in [7, 11) is 1.40. The first-order valence-corrected chi connectivity index (χ1v) is 6.60. The fourth-order valence-corrected chi connectivity index (χ4v) is 2.51. The monoisotopic (exact) mass is 263 g/mol. The number of para-hydroxylation sites is 1. The molecule has 4 nitrogen and oxygen atoms in total. The van der Waals surface area contributed by atoms with Gasteiger partial charge in [0.1, 0.15) is 17.4 Å². The topological polar surface area (TPSA) is 47.6 Å². The van der Waals surface area contributed by atoms with Crippen LogP contribution < -0.4 is 10.1 Å². The number of nitrogens with one attached hydrogen (secondary N) is 1. The molecular weight excluding hydrogens is 242 g/mol. The lowest BCUT2D eigenvalue weighted by atomic mass is 9.98. The molecule has 0 amide bonds. The maximum absolute atomic E-state index is 11.9. The maximum Gasteiger partial charge on any atom is 0.327 e. The van der Waals surface area contributed by atoms with E-state index in [4.69, 9.17) is 9.47 Å². The van der Waals surface area contributed by atoms with Crippen LogP contribution in [0, 0.1) is 0 Å². The number of hydrogen-bond acceptors (Lipinski definition) is 4. The predicted molar refractivity (Wildman–Crippen MR) is 73.3 cm³/mol. The number of methoxy groups -OCH3 is 1. The summed E-state index contributed by atoms with van der Waals surface area (Å²) in [4.78, 5) is 11.9. The molecule has 1 heterocycles. The average Bonchev–Trinajstić information content (AvgIpc) is 2.69. The van der Waals surface area contributed by atoms with Crippen molar-refractivity contribution in [3.8, 4) is 5.75 Å². The van der Waals surface area contributed by atoms with E-state index >= 15 is 0 Å². The molecule has 19 heavy (non-hydrogen) atoms. The molecule has 1 aliphatic rings. The molecule has 104 valence electrons. The van der Waals surface area contributed by atoms with Crippen LogP contribution in [0.25, 0.3) is 0 Å². The van der Waals surface area contributed by atoms with Gasteiger partial charge in [0.15, 0.2) is 0 Å². The maximum atomic E-state index is 11.9. The van der Waals surface area contributed by atoms with Gasteiger partial charge in [0.05, 0.1) is 7.11 Å². The zero-order chi connectivity index (χ0) is 14.0. The lowest BCUT2D eigenvalue weighted by Crippen LogP contribution is -2.30. The molecular formula is C15H21NO3. The molecule has 1 aliphatic heterocycles. The standard InChI is InChI=1S/C15H21NO3/c1-5-16-12(14(17)18-4)11-8-6-7-10-9-15(2,3)19-13(10)11/h6-8,12,16H,5,9H2,1-4H3. The molecule has 4 heteroatoms. The van der Waals surface area contributed by atoms with Crippen molar-refractivity contribution in [3.63, 3.8) is 0 Å². The van der Waals surface area contributed by atoms with Crippen LogP contribution in [0.5, 0.6) is 5.75 Å². The highest BCUT2D eigenvalue weighted by molar-refractivity contribution is 5.79. The van der Waals surface area contributed by atoms with Crippen molar-refractivity contribution in [3.05, 3.63) is 29.3 Å². The number of ether oxygens (including phenoxy) is 2. The number of carbonyl (C=O) groups excluding carboxylic acids is 1. The first-order chi connectivity index (χ1) is 8.98. The van der Waals surface area contributed by atoms with Crippen molar-refractivity contribution < 1.29 is 14.3 Å². The third kappa shape index (κ3) is 2.73. The third-order valence-corrected chi connectivity index (χ3v) is 3.28. The molecule has 0 bridgehead atoms. The highest BCUT2D eigenvalue weighted by Gasteiger charge is 2.34. The Hall–Kier alpha value is -1.55. The molecule has 0 saturated carbocycles. The van der Waals surface area contributed by atoms with Crippen LogP contribution in [-0.4, -0.2) is 25.2 Å². The first kappa shape index (κ1) is 13.9. The first-order valence-electron chi connectivity index (χ1n) is 6.60. The summed E-state index contributed by atoms with van der Waals surface area (Å²) in [5.74, 6) is 0.535. The highest BCUT2D eigenvalue weighted by atomic mass is 16.5. The Kier molecular flexibility index (Phi) is 3.80. The predicted octanol–water partition coefficient (Wildman–Crippen LogP) is 2.22. The number of benzene rings is 1. The van der Waals surface area contributed by atoms with Crippen LogP contribution in [-0.2, 0) is 16.0 Å². The molecule has 0 saturated heterocycles. The highest BCUT2D eigenvalue weighted by Crippen LogP contribution is 2.40. The van der Waals surface area contributed by atoms with Gasteiger partial charge >= 0.3 is 5.97 Å². The normalized spacial score (nSPS) is 17.5. The minimum atomic E-state index is -0.473. The van der Waals surface area contributed by atoms with Crippen molar-refractivity contribution in [2.75, 3.05) is 13.7 Å². The molecule has 0 aliphatic carbocycles. The van der Waals surface area contributed by atoms with Crippen LogP contribution in [0.4, 0.5) is 0 Å². The fourth-order valence-electron chi connectivity index (χ4n) is 2.51. The molecule has 1 aromatic carbocycles. The van der Waals surface area contributed by atoms with Crippen LogP contribution in [0.15, 0.2) is 18.2 Å². The minimum absolute atomic E-state index is 0.217. The van der Waals surface area contributed by atoms with Gasteiger partial charge in [-0.05, 0) is 26.0 Å². The zero-order valence-corrected chi connectivity index (χ0v) is 11.9. The summed E-state index contributed by atoms with van der Waals surface area (Å²) in [6.45, 7) is 6.76. The Morgan fingerprint density at radius 3 is 2.89 bits per heavy atom. The van der Waals surface area contributed by atoms with Gasteiger partial charge in [0.25, 0.3) is 0 Å². The Morgan fingerprint density at radius 1 is 1.53 bits per heavy atom. The van der Waals surface area contributed by atoms with Crippen molar-refractivity contribution in [1.29, 1.82) is 0 Å². The van der Waals surface area contributed by atoms with E-state index < -0.39 is 6.04 Å². The second-order valence-electron chi connectivity index (χ2n) is 5.39.